The van der Waals surface area contributed by atoms with Crippen molar-refractivity contribution in [3.05, 3.63) is 63.9 Å². The zero-order valence-corrected chi connectivity index (χ0v) is 13.3. The van der Waals surface area contributed by atoms with Crippen molar-refractivity contribution in [1.29, 1.82) is 0 Å². The Kier molecular flexibility index (Phi) is 4.96. The minimum absolute atomic E-state index is 0.227. The minimum Gasteiger partial charge on any atom is -0.496 e. The number of hydrogen-bond acceptors (Lipinski definition) is 2. The molecular weight excluding hydrogens is 337 g/mol. The average molecular weight is 352 g/mol. The van der Waals surface area contributed by atoms with Gasteiger partial charge < -0.3 is 10.1 Å². The summed E-state index contributed by atoms with van der Waals surface area (Å²) in [5.41, 5.74) is 1.22. The fourth-order valence-electron chi connectivity index (χ4n) is 1.95. The second kappa shape index (κ2) is 6.72. The first-order valence-corrected chi connectivity index (χ1v) is 7.20. The first-order valence-electron chi connectivity index (χ1n) is 6.41. The molecule has 0 fully saturated rings. The van der Waals surface area contributed by atoms with E-state index in [1.807, 2.05) is 6.92 Å². The van der Waals surface area contributed by atoms with Gasteiger partial charge in [0.25, 0.3) is 5.91 Å². The molecule has 3 nitrogen and oxygen atoms in total. The lowest BCUT2D eigenvalue weighted by Crippen LogP contribution is -2.26. The minimum atomic E-state index is -0.319. The molecule has 2 aromatic carbocycles. The molecule has 0 aliphatic heterocycles. The van der Waals surface area contributed by atoms with Crippen LogP contribution in [-0.2, 0) is 0 Å². The Morgan fingerprint density at radius 2 is 2.05 bits per heavy atom. The molecule has 0 heterocycles. The van der Waals surface area contributed by atoms with E-state index >= 15 is 0 Å². The van der Waals surface area contributed by atoms with Crippen molar-refractivity contribution < 1.29 is 13.9 Å². The van der Waals surface area contributed by atoms with Crippen LogP contribution in [-0.4, -0.2) is 13.0 Å². The van der Waals surface area contributed by atoms with E-state index in [9.17, 15) is 9.18 Å². The Balaban J connectivity index is 2.12. The molecule has 0 aliphatic rings. The summed E-state index contributed by atoms with van der Waals surface area (Å²) in [6.07, 6.45) is 0. The Bertz CT molecular complexity index is 660. The molecule has 2 rings (SSSR count). The largest absolute Gasteiger partial charge is 0.496 e. The van der Waals surface area contributed by atoms with Crippen molar-refractivity contribution in [2.24, 2.45) is 0 Å². The van der Waals surface area contributed by atoms with E-state index in [1.165, 1.54) is 12.1 Å². The van der Waals surface area contributed by atoms with Crippen LogP contribution in [0, 0.1) is 5.82 Å². The van der Waals surface area contributed by atoms with Gasteiger partial charge in [-0.1, -0.05) is 12.1 Å². The topological polar surface area (TPSA) is 38.3 Å². The second-order valence-corrected chi connectivity index (χ2v) is 5.45. The lowest BCUT2D eigenvalue weighted by Gasteiger charge is -2.15. The first kappa shape index (κ1) is 15.5. The predicted molar refractivity (Wildman–Crippen MR) is 83.0 cm³/mol. The summed E-state index contributed by atoms with van der Waals surface area (Å²) in [5, 5.41) is 2.84. The normalized spacial score (nSPS) is 11.8. The molecule has 5 heteroatoms. The number of nitrogens with one attached hydrogen (secondary N) is 1. The van der Waals surface area contributed by atoms with E-state index in [0.29, 0.717) is 15.8 Å². The third kappa shape index (κ3) is 3.82. The molecule has 1 N–H and O–H groups in total. The smallest absolute Gasteiger partial charge is 0.251 e. The quantitative estimate of drug-likeness (QED) is 0.900. The number of rotatable bonds is 4. The number of benzene rings is 2. The fraction of sp³-hybridized carbons (Fsp3) is 0.188. The maximum atomic E-state index is 13.2. The number of carbonyl (C=O) groups is 1. The van der Waals surface area contributed by atoms with Gasteiger partial charge in [0.2, 0.25) is 0 Å². The van der Waals surface area contributed by atoms with Gasteiger partial charge >= 0.3 is 0 Å². The van der Waals surface area contributed by atoms with Crippen LogP contribution >= 0.6 is 15.9 Å². The van der Waals surface area contributed by atoms with Crippen LogP contribution in [0.15, 0.2) is 46.9 Å². The highest BCUT2D eigenvalue weighted by atomic mass is 79.9. The molecule has 1 amide bonds. The van der Waals surface area contributed by atoms with Crippen molar-refractivity contribution in [3.8, 4) is 5.75 Å². The number of halogens is 2. The molecule has 0 aromatic heterocycles. The van der Waals surface area contributed by atoms with Gasteiger partial charge in [-0.05, 0) is 58.7 Å². The second-order valence-electron chi connectivity index (χ2n) is 4.60. The summed E-state index contributed by atoms with van der Waals surface area (Å²) < 4.78 is 19.0. The van der Waals surface area contributed by atoms with Crippen LogP contribution in [0.25, 0.3) is 0 Å². The van der Waals surface area contributed by atoms with Crippen LogP contribution in [0.4, 0.5) is 4.39 Å². The number of hydrogen-bond donors (Lipinski definition) is 1. The van der Waals surface area contributed by atoms with E-state index in [2.05, 4.69) is 21.2 Å². The standard InChI is InChI=1S/C16H15BrFNO2/c1-10(11-4-3-5-13(18)8-11)19-16(20)12-6-7-15(21-2)14(17)9-12/h3-10H,1-2H3,(H,19,20). The summed E-state index contributed by atoms with van der Waals surface area (Å²) in [6, 6.07) is 11.0. The zero-order valence-electron chi connectivity index (χ0n) is 11.7. The number of methoxy groups -OCH3 is 1. The third-order valence-electron chi connectivity index (χ3n) is 3.11. The van der Waals surface area contributed by atoms with Crippen LogP contribution in [0.3, 0.4) is 0 Å². The number of amides is 1. The molecule has 1 unspecified atom stereocenters. The molecule has 0 bridgehead atoms. The third-order valence-corrected chi connectivity index (χ3v) is 3.73. The van der Waals surface area contributed by atoms with Gasteiger partial charge in [-0.3, -0.25) is 4.79 Å². The van der Waals surface area contributed by atoms with Crippen molar-refractivity contribution in [2.45, 2.75) is 13.0 Å². The Morgan fingerprint density at radius 1 is 1.29 bits per heavy atom. The van der Waals surface area contributed by atoms with Gasteiger partial charge in [0, 0.05) is 5.56 Å². The molecular formula is C16H15BrFNO2. The first-order chi connectivity index (χ1) is 10.0. The van der Waals surface area contributed by atoms with E-state index < -0.39 is 0 Å². The van der Waals surface area contributed by atoms with Gasteiger partial charge in [-0.15, -0.1) is 0 Å². The summed E-state index contributed by atoms with van der Waals surface area (Å²) in [6.45, 7) is 1.81. The Labute approximate surface area is 131 Å². The molecule has 1 atom stereocenters. The van der Waals surface area contributed by atoms with Crippen LogP contribution in [0.2, 0.25) is 0 Å². The maximum absolute atomic E-state index is 13.2. The summed E-state index contributed by atoms with van der Waals surface area (Å²) >= 11 is 3.34. The number of ether oxygens (including phenoxy) is 1. The molecule has 110 valence electrons. The highest BCUT2D eigenvalue weighted by Gasteiger charge is 2.13. The van der Waals surface area contributed by atoms with Crippen molar-refractivity contribution >= 4 is 21.8 Å². The highest BCUT2D eigenvalue weighted by molar-refractivity contribution is 9.10. The van der Waals surface area contributed by atoms with Crippen LogP contribution < -0.4 is 10.1 Å². The molecule has 0 saturated carbocycles. The summed E-state index contributed by atoms with van der Waals surface area (Å²) in [5.74, 6) is 0.112. The van der Waals surface area contributed by atoms with E-state index in [4.69, 9.17) is 4.74 Å². The predicted octanol–water partition coefficient (Wildman–Crippen LogP) is 4.09. The lowest BCUT2D eigenvalue weighted by molar-refractivity contribution is 0.0939. The lowest BCUT2D eigenvalue weighted by atomic mass is 10.1. The van der Waals surface area contributed by atoms with Gasteiger partial charge in [0.15, 0.2) is 0 Å². The van der Waals surface area contributed by atoms with Gasteiger partial charge in [-0.2, -0.15) is 0 Å². The monoisotopic (exact) mass is 351 g/mol. The maximum Gasteiger partial charge on any atom is 0.251 e. The highest BCUT2D eigenvalue weighted by Crippen LogP contribution is 2.25. The van der Waals surface area contributed by atoms with Crippen molar-refractivity contribution in [2.75, 3.05) is 7.11 Å². The number of carbonyl (C=O) groups excluding carboxylic acids is 1. The van der Waals surface area contributed by atoms with E-state index in [-0.39, 0.29) is 17.8 Å². The molecule has 0 saturated heterocycles. The molecule has 21 heavy (non-hydrogen) atoms. The van der Waals surface area contributed by atoms with Gasteiger partial charge in [0.1, 0.15) is 11.6 Å². The van der Waals surface area contributed by atoms with Gasteiger partial charge in [-0.25, -0.2) is 4.39 Å². The SMILES string of the molecule is COc1ccc(C(=O)NC(C)c2cccc(F)c2)cc1Br. The molecule has 2 aromatic rings. The molecule has 0 spiro atoms. The van der Waals surface area contributed by atoms with Crippen LogP contribution in [0.5, 0.6) is 5.75 Å². The molecule has 0 aliphatic carbocycles. The van der Waals surface area contributed by atoms with Crippen molar-refractivity contribution in [1.82, 2.24) is 5.32 Å². The Morgan fingerprint density at radius 3 is 2.67 bits per heavy atom. The fourth-order valence-corrected chi connectivity index (χ4v) is 2.49. The van der Waals surface area contributed by atoms with E-state index in [0.717, 1.165) is 5.56 Å². The molecule has 0 radical (unpaired) electrons. The summed E-state index contributed by atoms with van der Waals surface area (Å²) in [7, 11) is 1.56. The van der Waals surface area contributed by atoms with Crippen LogP contribution in [0.1, 0.15) is 28.9 Å². The Hall–Kier alpha value is -1.88. The van der Waals surface area contributed by atoms with E-state index in [1.54, 1.807) is 37.4 Å². The summed E-state index contributed by atoms with van der Waals surface area (Å²) in [4.78, 5) is 12.2. The van der Waals surface area contributed by atoms with Gasteiger partial charge in [0.05, 0.1) is 17.6 Å². The average Bonchev–Trinajstić information content (AvgIpc) is 2.47. The van der Waals surface area contributed by atoms with Crippen molar-refractivity contribution in [3.63, 3.8) is 0 Å². The zero-order chi connectivity index (χ0) is 15.4.